The van der Waals surface area contributed by atoms with Gasteiger partial charge in [-0.05, 0) is 43.3 Å². The first-order valence-corrected chi connectivity index (χ1v) is 18.0. The number of hydrogen-bond acceptors (Lipinski definition) is 12. The molecule has 51 heavy (non-hydrogen) atoms. The summed E-state index contributed by atoms with van der Waals surface area (Å²) in [6.07, 6.45) is 0.683. The number of fused-ring (bicyclic) bond motifs is 1. The minimum atomic E-state index is -1.05. The Morgan fingerprint density at radius 3 is 2.67 bits per heavy atom. The number of halogens is 2. The van der Waals surface area contributed by atoms with Crippen molar-refractivity contribution in [1.82, 2.24) is 25.1 Å². The fourth-order valence-electron chi connectivity index (χ4n) is 6.25. The first-order chi connectivity index (χ1) is 24.6. The number of aromatic nitrogens is 2. The smallest absolute Gasteiger partial charge is 0.344 e. The van der Waals surface area contributed by atoms with Crippen LogP contribution < -0.4 is 15.0 Å². The third-order valence-electron chi connectivity index (χ3n) is 8.78. The van der Waals surface area contributed by atoms with Gasteiger partial charge in [0.25, 0.3) is 0 Å². The number of urea groups is 1. The molecule has 4 aromatic rings. The number of piperazine rings is 1. The third-order valence-corrected chi connectivity index (χ3v) is 10.7. The molecular weight excluding hydrogens is 721 g/mol. The van der Waals surface area contributed by atoms with Gasteiger partial charge in [-0.15, -0.1) is 22.7 Å². The molecule has 0 saturated carbocycles. The number of benzene rings is 2. The number of hydrogen-bond donors (Lipinski definition) is 2. The summed E-state index contributed by atoms with van der Waals surface area (Å²) in [5.74, 6) is -1.27. The average Bonchev–Trinajstić information content (AvgIpc) is 3.89. The van der Waals surface area contributed by atoms with Crippen LogP contribution in [0.3, 0.4) is 0 Å². The molecule has 2 aromatic heterocycles. The fraction of sp³-hybridized carbons (Fsp3) is 0.294. The first kappa shape index (κ1) is 34.5. The number of ether oxygens (including phenoxy) is 2. The Balaban J connectivity index is 1.09. The maximum atomic E-state index is 14.0. The van der Waals surface area contributed by atoms with Crippen LogP contribution in [0.2, 0.25) is 5.02 Å². The van der Waals surface area contributed by atoms with E-state index in [0.29, 0.717) is 71.4 Å². The molecule has 7 rings (SSSR count). The molecule has 2 N–H and O–H groups in total. The van der Waals surface area contributed by atoms with Gasteiger partial charge >= 0.3 is 18.0 Å². The number of methoxy groups -OCH3 is 1. The summed E-state index contributed by atoms with van der Waals surface area (Å²) in [7, 11) is 1.30. The summed E-state index contributed by atoms with van der Waals surface area (Å²) < 4.78 is 24.7. The van der Waals surface area contributed by atoms with Gasteiger partial charge in [-0.2, -0.15) is 0 Å². The molecule has 0 aliphatic carbocycles. The Morgan fingerprint density at radius 1 is 1.16 bits per heavy atom. The minimum Gasteiger partial charge on any atom is -0.479 e. The second-order valence-electron chi connectivity index (χ2n) is 12.0. The number of thiazole rings is 2. The molecule has 0 unspecified atom stereocenters. The Bertz CT molecular complexity index is 2040. The molecule has 13 nitrogen and oxygen atoms in total. The lowest BCUT2D eigenvalue weighted by atomic mass is 9.95. The number of nitrogens with zero attached hydrogens (tertiary/aromatic N) is 6. The molecule has 0 radical (unpaired) electrons. The zero-order valence-corrected chi connectivity index (χ0v) is 29.7. The molecular formula is C34H31ClFN7O6S2. The van der Waals surface area contributed by atoms with Gasteiger partial charge in [0, 0.05) is 65.0 Å². The van der Waals surface area contributed by atoms with Crippen molar-refractivity contribution in [2.45, 2.75) is 25.1 Å². The summed E-state index contributed by atoms with van der Waals surface area (Å²) in [5.41, 5.74) is 2.75. The Kier molecular flexibility index (Phi) is 9.74. The normalized spacial score (nSPS) is 19.8. The van der Waals surface area contributed by atoms with Crippen LogP contribution in [-0.4, -0.2) is 101 Å². The zero-order valence-electron chi connectivity index (χ0n) is 27.3. The SMILES string of the molecule is COC(=O)C1=C(CN2CCN3C(=O)N(c4nc(-c5ccc(O[C@H](C)C(=O)O)cc5)cs4)C[C@@H]3C2)NC(c2nccs2)=N[C@H]1c1ccc(F)cc1Cl. The molecule has 2 aromatic carbocycles. The van der Waals surface area contributed by atoms with Crippen molar-refractivity contribution < 1.29 is 33.4 Å². The third kappa shape index (κ3) is 7.04. The van der Waals surface area contributed by atoms with Crippen LogP contribution >= 0.6 is 34.3 Å². The number of carbonyl (C=O) groups excluding carboxylic acids is 2. The van der Waals surface area contributed by atoms with E-state index < -0.39 is 29.9 Å². The molecule has 17 heteroatoms. The van der Waals surface area contributed by atoms with Gasteiger partial charge in [0.15, 0.2) is 22.1 Å². The molecule has 2 amide bonds. The Morgan fingerprint density at radius 2 is 1.96 bits per heavy atom. The number of carboxylic acids is 1. The summed E-state index contributed by atoms with van der Waals surface area (Å²) in [4.78, 5) is 57.7. The second-order valence-corrected chi connectivity index (χ2v) is 14.1. The van der Waals surface area contributed by atoms with Gasteiger partial charge in [0.2, 0.25) is 0 Å². The first-order valence-electron chi connectivity index (χ1n) is 15.9. The van der Waals surface area contributed by atoms with Crippen LogP contribution in [0.15, 0.2) is 75.7 Å². The van der Waals surface area contributed by atoms with E-state index >= 15 is 0 Å². The van der Waals surface area contributed by atoms with Gasteiger partial charge in [-0.25, -0.2) is 28.7 Å². The second kappa shape index (κ2) is 14.4. The topological polar surface area (TPSA) is 150 Å². The molecule has 2 saturated heterocycles. The maximum Gasteiger partial charge on any atom is 0.344 e. The van der Waals surface area contributed by atoms with Crippen LogP contribution in [0.5, 0.6) is 5.75 Å². The van der Waals surface area contributed by atoms with Gasteiger partial charge in [0.05, 0.1) is 31.0 Å². The van der Waals surface area contributed by atoms with Crippen molar-refractivity contribution in [3.05, 3.63) is 92.1 Å². The lowest BCUT2D eigenvalue weighted by molar-refractivity contribution is -0.144. The van der Waals surface area contributed by atoms with E-state index in [0.717, 1.165) is 5.56 Å². The lowest BCUT2D eigenvalue weighted by Gasteiger charge is -2.38. The van der Waals surface area contributed by atoms with E-state index in [4.69, 9.17) is 36.2 Å². The van der Waals surface area contributed by atoms with Crippen molar-refractivity contribution in [2.24, 2.45) is 4.99 Å². The van der Waals surface area contributed by atoms with E-state index in [1.807, 2.05) is 15.7 Å². The number of anilines is 1. The molecule has 3 aliphatic heterocycles. The van der Waals surface area contributed by atoms with Crippen LogP contribution in [0.1, 0.15) is 23.5 Å². The Hall–Kier alpha value is -4.90. The fourth-order valence-corrected chi connectivity index (χ4v) is 7.94. The number of carboxylic acid groups (broad SMARTS) is 1. The summed E-state index contributed by atoms with van der Waals surface area (Å²) >= 11 is 9.25. The highest BCUT2D eigenvalue weighted by Crippen LogP contribution is 2.38. The summed E-state index contributed by atoms with van der Waals surface area (Å²) in [5, 5.41) is 17.4. The largest absolute Gasteiger partial charge is 0.479 e. The van der Waals surface area contributed by atoms with Crippen LogP contribution in [-0.2, 0) is 14.3 Å². The number of aliphatic imine (C=N–C) groups is 1. The summed E-state index contributed by atoms with van der Waals surface area (Å²) in [6, 6.07) is 9.83. The predicted molar refractivity (Wildman–Crippen MR) is 190 cm³/mol. The molecule has 0 spiro atoms. The number of amidine groups is 1. The number of amides is 2. The van der Waals surface area contributed by atoms with Crippen LogP contribution in [0.4, 0.5) is 14.3 Å². The van der Waals surface area contributed by atoms with Crippen molar-refractivity contribution in [3.63, 3.8) is 0 Å². The van der Waals surface area contributed by atoms with Crippen molar-refractivity contribution in [2.75, 3.05) is 44.7 Å². The molecule has 3 atom stereocenters. The number of aliphatic carboxylic acids is 1. The lowest BCUT2D eigenvalue weighted by Crippen LogP contribution is -2.53. The van der Waals surface area contributed by atoms with E-state index in [1.54, 1.807) is 35.4 Å². The Labute approximate surface area is 304 Å². The maximum absolute atomic E-state index is 14.0. The van der Waals surface area contributed by atoms with E-state index in [-0.39, 0.29) is 22.7 Å². The van der Waals surface area contributed by atoms with Crippen molar-refractivity contribution in [3.8, 4) is 17.0 Å². The van der Waals surface area contributed by atoms with E-state index in [9.17, 15) is 18.8 Å². The van der Waals surface area contributed by atoms with Crippen LogP contribution in [0, 0.1) is 5.82 Å². The van der Waals surface area contributed by atoms with Crippen molar-refractivity contribution in [1.29, 1.82) is 0 Å². The van der Waals surface area contributed by atoms with E-state index in [2.05, 4.69) is 15.2 Å². The molecule has 0 bridgehead atoms. The highest BCUT2D eigenvalue weighted by Gasteiger charge is 2.43. The standard InChI is InChI=1S/C34H31ClFN7O6S2/c1-18(31(44)45)49-22-6-3-19(4-7-22)26-17-51-33(39-26)43-15-21-14-41(10-11-42(21)34(43)47)16-25-27(32(46)48-2)28(23-8-5-20(36)13-24(23)35)40-29(38-25)30-37-9-12-50-30/h3-9,12-13,17-18,21,28H,10-11,14-16H2,1-2H3,(H,38,40)(H,44,45)/t18-,21+,28+/m1/s1. The molecule has 264 valence electrons. The number of rotatable bonds is 10. The number of esters is 1. The average molecular weight is 752 g/mol. The quantitative estimate of drug-likeness (QED) is 0.211. The monoisotopic (exact) mass is 751 g/mol. The molecule has 2 fully saturated rings. The molecule has 5 heterocycles. The van der Waals surface area contributed by atoms with Gasteiger partial charge in [-0.1, -0.05) is 17.7 Å². The van der Waals surface area contributed by atoms with Gasteiger partial charge in [0.1, 0.15) is 17.6 Å². The zero-order chi connectivity index (χ0) is 35.8. The highest BCUT2D eigenvalue weighted by molar-refractivity contribution is 7.14. The predicted octanol–water partition coefficient (Wildman–Crippen LogP) is 5.06. The molecule has 3 aliphatic rings. The van der Waals surface area contributed by atoms with Crippen molar-refractivity contribution >= 4 is 63.2 Å². The van der Waals surface area contributed by atoms with Gasteiger partial charge in [-0.3, -0.25) is 14.8 Å². The highest BCUT2D eigenvalue weighted by atomic mass is 35.5. The van der Waals surface area contributed by atoms with Gasteiger partial charge < -0.3 is 24.8 Å². The van der Waals surface area contributed by atoms with E-state index in [1.165, 1.54) is 54.9 Å². The number of nitrogens with one attached hydrogen (secondary N) is 1. The summed E-state index contributed by atoms with van der Waals surface area (Å²) in [6.45, 7) is 3.74. The number of carbonyl (C=O) groups is 3. The minimum absolute atomic E-state index is 0.124. The van der Waals surface area contributed by atoms with Crippen LogP contribution in [0.25, 0.3) is 11.3 Å².